The zero-order valence-electron chi connectivity index (χ0n) is 12.7. The van der Waals surface area contributed by atoms with E-state index in [1.807, 2.05) is 24.3 Å². The molecule has 7 heteroatoms. The maximum absolute atomic E-state index is 12.5. The van der Waals surface area contributed by atoms with Crippen molar-refractivity contribution in [3.63, 3.8) is 0 Å². The second-order valence-electron chi connectivity index (χ2n) is 5.12. The Morgan fingerprint density at radius 3 is 3.00 bits per heavy atom. The molecule has 120 valence electrons. The Morgan fingerprint density at radius 1 is 1.52 bits per heavy atom. The number of rotatable bonds is 3. The Balaban J connectivity index is 2.15. The fourth-order valence-electron chi connectivity index (χ4n) is 2.70. The molecule has 0 aromatic heterocycles. The third-order valence-corrected chi connectivity index (χ3v) is 5.07. The standard InChI is InChI=1S/C16H15BrN2O3S/c1-3-22-15(21)13-9(2)18-16-19(12(20)8-23-16)14(13)10-5-4-6-11(17)7-10/h4-7,14H,3,8H2,1-2H3/t14-/m1/s1. The second kappa shape index (κ2) is 6.49. The molecule has 0 radical (unpaired) electrons. The number of benzene rings is 1. The summed E-state index contributed by atoms with van der Waals surface area (Å²) < 4.78 is 6.08. The van der Waals surface area contributed by atoms with Crippen molar-refractivity contribution in [2.24, 2.45) is 4.99 Å². The number of fused-ring (bicyclic) bond motifs is 1. The summed E-state index contributed by atoms with van der Waals surface area (Å²) in [5.41, 5.74) is 1.87. The van der Waals surface area contributed by atoms with Crippen molar-refractivity contribution in [3.05, 3.63) is 45.6 Å². The Bertz CT molecular complexity index is 745. The molecule has 0 spiro atoms. The number of amidine groups is 1. The van der Waals surface area contributed by atoms with Gasteiger partial charge >= 0.3 is 5.97 Å². The summed E-state index contributed by atoms with van der Waals surface area (Å²) in [6.07, 6.45) is 0. The van der Waals surface area contributed by atoms with Crippen molar-refractivity contribution >= 4 is 44.7 Å². The van der Waals surface area contributed by atoms with Gasteiger partial charge in [-0.15, -0.1) is 0 Å². The van der Waals surface area contributed by atoms with Crippen LogP contribution in [0.3, 0.4) is 0 Å². The van der Waals surface area contributed by atoms with Gasteiger partial charge in [0.25, 0.3) is 0 Å². The topological polar surface area (TPSA) is 59.0 Å². The van der Waals surface area contributed by atoms with Crippen molar-refractivity contribution in [2.75, 3.05) is 12.4 Å². The van der Waals surface area contributed by atoms with E-state index in [4.69, 9.17) is 4.74 Å². The zero-order chi connectivity index (χ0) is 16.6. The van der Waals surface area contributed by atoms with E-state index < -0.39 is 12.0 Å². The molecule has 5 nitrogen and oxygen atoms in total. The lowest BCUT2D eigenvalue weighted by atomic mass is 9.94. The SMILES string of the molecule is CCOC(=O)C1=C(C)N=C2SCC(=O)N2[C@@H]1c1cccc(Br)c1. The third-order valence-electron chi connectivity index (χ3n) is 3.64. The monoisotopic (exact) mass is 394 g/mol. The highest BCUT2D eigenvalue weighted by Gasteiger charge is 2.43. The molecule has 23 heavy (non-hydrogen) atoms. The minimum Gasteiger partial charge on any atom is -0.463 e. The minimum atomic E-state index is -0.499. The van der Waals surface area contributed by atoms with Crippen molar-refractivity contribution in [1.82, 2.24) is 4.90 Å². The van der Waals surface area contributed by atoms with Crippen molar-refractivity contribution in [1.29, 1.82) is 0 Å². The molecular formula is C16H15BrN2O3S. The normalized spacial score (nSPS) is 20.5. The van der Waals surface area contributed by atoms with Crippen molar-refractivity contribution in [2.45, 2.75) is 19.9 Å². The number of allylic oxidation sites excluding steroid dienone is 1. The predicted molar refractivity (Wildman–Crippen MR) is 93.0 cm³/mol. The summed E-state index contributed by atoms with van der Waals surface area (Å²) in [7, 11) is 0. The van der Waals surface area contributed by atoms with Gasteiger partial charge in [0.05, 0.1) is 29.7 Å². The highest BCUT2D eigenvalue weighted by Crippen LogP contribution is 2.41. The molecule has 1 aromatic rings. The van der Waals surface area contributed by atoms with Gasteiger partial charge in [-0.25, -0.2) is 9.79 Å². The van der Waals surface area contributed by atoms with Crippen LogP contribution in [0.15, 0.2) is 45.0 Å². The highest BCUT2D eigenvalue weighted by atomic mass is 79.9. The van der Waals surface area contributed by atoms with Gasteiger partial charge < -0.3 is 4.74 Å². The summed E-state index contributed by atoms with van der Waals surface area (Å²) in [5, 5.41) is 0.644. The number of hydrogen-bond acceptors (Lipinski definition) is 5. The van der Waals surface area contributed by atoms with Crippen LogP contribution in [0.1, 0.15) is 25.5 Å². The fourth-order valence-corrected chi connectivity index (χ4v) is 4.06. The van der Waals surface area contributed by atoms with Crippen molar-refractivity contribution in [3.8, 4) is 0 Å². The van der Waals surface area contributed by atoms with Gasteiger partial charge in [0, 0.05) is 4.47 Å². The molecule has 2 aliphatic rings. The highest BCUT2D eigenvalue weighted by molar-refractivity contribution is 9.10. The molecule has 1 amide bonds. The molecule has 0 saturated carbocycles. The summed E-state index contributed by atoms with van der Waals surface area (Å²) in [6.45, 7) is 3.82. The Morgan fingerprint density at radius 2 is 2.30 bits per heavy atom. The summed E-state index contributed by atoms with van der Waals surface area (Å²) >= 11 is 4.84. The van der Waals surface area contributed by atoms with E-state index in [1.165, 1.54) is 11.8 Å². The lowest BCUT2D eigenvalue weighted by Gasteiger charge is -2.32. The number of hydrogen-bond donors (Lipinski definition) is 0. The van der Waals surface area contributed by atoms with E-state index >= 15 is 0 Å². The number of amides is 1. The number of halogens is 1. The van der Waals surface area contributed by atoms with E-state index in [2.05, 4.69) is 20.9 Å². The first kappa shape index (κ1) is 16.3. The van der Waals surface area contributed by atoms with Gasteiger partial charge in [-0.1, -0.05) is 39.8 Å². The molecule has 0 bridgehead atoms. The van der Waals surface area contributed by atoms with E-state index in [1.54, 1.807) is 18.7 Å². The van der Waals surface area contributed by atoms with Crippen LogP contribution in [0.4, 0.5) is 0 Å². The van der Waals surface area contributed by atoms with Crippen LogP contribution in [-0.4, -0.2) is 34.3 Å². The summed E-state index contributed by atoms with van der Waals surface area (Å²) in [4.78, 5) is 30.8. The van der Waals surface area contributed by atoms with Crippen molar-refractivity contribution < 1.29 is 14.3 Å². The first-order valence-corrected chi connectivity index (χ1v) is 8.97. The molecule has 1 fully saturated rings. The fraction of sp³-hybridized carbons (Fsp3) is 0.312. The number of nitrogens with zero attached hydrogens (tertiary/aromatic N) is 2. The largest absolute Gasteiger partial charge is 0.463 e. The average Bonchev–Trinajstić information content (AvgIpc) is 2.87. The van der Waals surface area contributed by atoms with Crippen LogP contribution >= 0.6 is 27.7 Å². The molecule has 1 atom stereocenters. The van der Waals surface area contributed by atoms with Gasteiger partial charge in [-0.3, -0.25) is 9.69 Å². The Kier molecular flexibility index (Phi) is 4.59. The smallest absolute Gasteiger partial charge is 0.338 e. The quantitative estimate of drug-likeness (QED) is 0.738. The minimum absolute atomic E-state index is 0.0481. The molecule has 1 saturated heterocycles. The Labute approximate surface area is 146 Å². The number of thioether (sulfide) groups is 1. The third kappa shape index (κ3) is 2.95. The van der Waals surface area contributed by atoms with Gasteiger partial charge in [0.2, 0.25) is 5.91 Å². The van der Waals surface area contributed by atoms with E-state index in [-0.39, 0.29) is 12.5 Å². The molecule has 0 unspecified atom stereocenters. The molecule has 2 heterocycles. The number of aliphatic imine (C=N–C) groups is 1. The number of carbonyl (C=O) groups excluding carboxylic acids is 2. The van der Waals surface area contributed by atoms with Gasteiger partial charge in [0.1, 0.15) is 0 Å². The van der Waals surface area contributed by atoms with E-state index in [0.717, 1.165) is 10.0 Å². The first-order valence-electron chi connectivity index (χ1n) is 7.19. The average molecular weight is 395 g/mol. The summed E-state index contributed by atoms with van der Waals surface area (Å²) in [5.74, 6) is -0.136. The van der Waals surface area contributed by atoms with Crippen LogP contribution in [0.25, 0.3) is 0 Å². The lowest BCUT2D eigenvalue weighted by molar-refractivity contribution is -0.139. The predicted octanol–water partition coefficient (Wildman–Crippen LogP) is 3.27. The number of carbonyl (C=O) groups is 2. The zero-order valence-corrected chi connectivity index (χ0v) is 15.1. The molecule has 0 N–H and O–H groups in total. The molecule has 0 aliphatic carbocycles. The van der Waals surface area contributed by atoms with Crippen LogP contribution in [-0.2, 0) is 14.3 Å². The van der Waals surface area contributed by atoms with Crippen LogP contribution in [0, 0.1) is 0 Å². The van der Waals surface area contributed by atoms with Gasteiger partial charge in [-0.2, -0.15) is 0 Å². The molecule has 2 aliphatic heterocycles. The van der Waals surface area contributed by atoms with Gasteiger partial charge in [-0.05, 0) is 31.5 Å². The maximum Gasteiger partial charge on any atom is 0.338 e. The second-order valence-corrected chi connectivity index (χ2v) is 6.98. The van der Waals surface area contributed by atoms with Crippen LogP contribution in [0.5, 0.6) is 0 Å². The van der Waals surface area contributed by atoms with Crippen LogP contribution < -0.4 is 0 Å². The lowest BCUT2D eigenvalue weighted by Crippen LogP contribution is -2.39. The van der Waals surface area contributed by atoms with Gasteiger partial charge in [0.15, 0.2) is 5.17 Å². The van der Waals surface area contributed by atoms with Crippen LogP contribution in [0.2, 0.25) is 0 Å². The Hall–Kier alpha value is -1.60. The van der Waals surface area contributed by atoms with E-state index in [0.29, 0.717) is 22.2 Å². The number of ether oxygens (including phenoxy) is 1. The molecule has 3 rings (SSSR count). The summed E-state index contributed by atoms with van der Waals surface area (Å²) in [6, 6.07) is 7.11. The number of esters is 1. The maximum atomic E-state index is 12.5. The van der Waals surface area contributed by atoms with E-state index in [9.17, 15) is 9.59 Å². The first-order chi connectivity index (χ1) is 11.0. The molecule has 1 aromatic carbocycles. The molecular weight excluding hydrogens is 380 g/mol.